The number of halogens is 3. The van der Waals surface area contributed by atoms with Gasteiger partial charge in [-0.05, 0) is 23.9 Å². The van der Waals surface area contributed by atoms with Crippen LogP contribution >= 0.6 is 11.8 Å². The number of rotatable bonds is 2. The summed E-state index contributed by atoms with van der Waals surface area (Å²) in [7, 11) is 1.33. The number of benzene rings is 1. The first-order valence-electron chi connectivity index (χ1n) is 3.87. The minimum atomic E-state index is -4.83. The van der Waals surface area contributed by atoms with Crippen LogP contribution in [0.4, 0.5) is 13.2 Å². The maximum absolute atomic E-state index is 12.0. The molecule has 6 heteroatoms. The largest absolute Gasteiger partial charge is 0.496 e. The van der Waals surface area contributed by atoms with Crippen LogP contribution in [0.25, 0.3) is 0 Å². The molecule has 2 nitrogen and oxygen atoms in total. The zero-order valence-corrected chi connectivity index (χ0v) is 8.48. The molecule has 82 valence electrons. The molecule has 1 rings (SSSR count). The van der Waals surface area contributed by atoms with Gasteiger partial charge in [-0.25, -0.2) is 0 Å². The minimum Gasteiger partial charge on any atom is -0.496 e. The molecule has 0 saturated heterocycles. The van der Waals surface area contributed by atoms with E-state index in [9.17, 15) is 18.0 Å². The van der Waals surface area contributed by atoms with E-state index in [0.717, 1.165) is 0 Å². The zero-order valence-electron chi connectivity index (χ0n) is 7.67. The predicted molar refractivity (Wildman–Crippen MR) is 49.9 cm³/mol. The standard InChI is InChI=1S/C9H7F3O2S/c1-14-6-4-2-3-5-7(6)15-8(13)9(10,11)12/h2-5H,1H3. The van der Waals surface area contributed by atoms with E-state index in [1.54, 1.807) is 6.07 Å². The van der Waals surface area contributed by atoms with E-state index in [4.69, 9.17) is 4.74 Å². The molecule has 0 aliphatic rings. The second kappa shape index (κ2) is 4.57. The number of carbonyl (C=O) groups is 1. The Labute approximate surface area is 88.4 Å². The normalized spacial score (nSPS) is 11.2. The predicted octanol–water partition coefficient (Wildman–Crippen LogP) is 2.88. The van der Waals surface area contributed by atoms with Gasteiger partial charge in [-0.1, -0.05) is 12.1 Å². The first-order valence-corrected chi connectivity index (χ1v) is 4.69. The highest BCUT2D eigenvalue weighted by Gasteiger charge is 2.39. The van der Waals surface area contributed by atoms with Gasteiger partial charge < -0.3 is 4.74 Å². The Morgan fingerprint density at radius 3 is 2.47 bits per heavy atom. The average molecular weight is 236 g/mol. The summed E-state index contributed by atoms with van der Waals surface area (Å²) in [6.45, 7) is 0. The third-order valence-electron chi connectivity index (χ3n) is 1.50. The molecule has 0 N–H and O–H groups in total. The van der Waals surface area contributed by atoms with Crippen molar-refractivity contribution >= 4 is 16.9 Å². The smallest absolute Gasteiger partial charge is 0.461 e. The summed E-state index contributed by atoms with van der Waals surface area (Å²) < 4.78 is 40.7. The molecule has 0 atom stereocenters. The highest BCUT2D eigenvalue weighted by atomic mass is 32.2. The molecule has 0 aliphatic carbocycles. The van der Waals surface area contributed by atoms with E-state index in [2.05, 4.69) is 0 Å². The van der Waals surface area contributed by atoms with Gasteiger partial charge in [-0.15, -0.1) is 0 Å². The fraction of sp³-hybridized carbons (Fsp3) is 0.222. The molecule has 15 heavy (non-hydrogen) atoms. The summed E-state index contributed by atoms with van der Waals surface area (Å²) in [5.74, 6) is 0.250. The Kier molecular flexibility index (Phi) is 3.62. The first-order chi connectivity index (χ1) is 6.95. The number of carbonyl (C=O) groups excluding carboxylic acids is 1. The number of thioether (sulfide) groups is 1. The first kappa shape index (κ1) is 11.9. The zero-order chi connectivity index (χ0) is 11.5. The highest BCUT2D eigenvalue weighted by Crippen LogP contribution is 2.34. The van der Waals surface area contributed by atoms with E-state index >= 15 is 0 Å². The van der Waals surface area contributed by atoms with E-state index in [1.807, 2.05) is 0 Å². The lowest BCUT2D eigenvalue weighted by Crippen LogP contribution is -2.18. The molecular formula is C9H7F3O2S. The summed E-state index contributed by atoms with van der Waals surface area (Å²) in [6.07, 6.45) is -4.83. The Bertz CT molecular complexity index is 363. The lowest BCUT2D eigenvalue weighted by molar-refractivity contribution is -0.160. The Balaban J connectivity index is 2.85. The highest BCUT2D eigenvalue weighted by molar-refractivity contribution is 8.13. The maximum atomic E-state index is 12.0. The summed E-state index contributed by atoms with van der Waals surface area (Å²) in [5.41, 5.74) is 0. The van der Waals surface area contributed by atoms with Gasteiger partial charge in [-0.3, -0.25) is 4.79 Å². The molecule has 0 radical (unpaired) electrons. The summed E-state index contributed by atoms with van der Waals surface area (Å²) in [5, 5.41) is -1.85. The van der Waals surface area contributed by atoms with Crippen molar-refractivity contribution in [2.45, 2.75) is 11.1 Å². The maximum Gasteiger partial charge on any atom is 0.461 e. The van der Waals surface area contributed by atoms with Crippen LogP contribution in [0.1, 0.15) is 0 Å². The van der Waals surface area contributed by atoms with Crippen molar-refractivity contribution in [1.82, 2.24) is 0 Å². The quantitative estimate of drug-likeness (QED) is 0.738. The Hall–Kier alpha value is -1.17. The average Bonchev–Trinajstić information content (AvgIpc) is 2.17. The van der Waals surface area contributed by atoms with Crippen LogP contribution in [-0.2, 0) is 4.79 Å². The minimum absolute atomic E-state index is 0.113. The monoisotopic (exact) mass is 236 g/mol. The van der Waals surface area contributed by atoms with Crippen LogP contribution in [0, 0.1) is 0 Å². The van der Waals surface area contributed by atoms with Crippen LogP contribution in [0.2, 0.25) is 0 Å². The third kappa shape index (κ3) is 3.16. The molecule has 0 saturated carbocycles. The van der Waals surface area contributed by atoms with E-state index in [1.165, 1.54) is 25.3 Å². The van der Waals surface area contributed by atoms with Gasteiger partial charge in [0.1, 0.15) is 5.75 Å². The molecule has 0 heterocycles. The van der Waals surface area contributed by atoms with Crippen LogP contribution < -0.4 is 4.74 Å². The van der Waals surface area contributed by atoms with Crippen LogP contribution in [0.3, 0.4) is 0 Å². The number of methoxy groups -OCH3 is 1. The van der Waals surface area contributed by atoms with Crippen molar-refractivity contribution in [2.75, 3.05) is 7.11 Å². The van der Waals surface area contributed by atoms with Crippen molar-refractivity contribution in [1.29, 1.82) is 0 Å². The van der Waals surface area contributed by atoms with Crippen molar-refractivity contribution in [3.63, 3.8) is 0 Å². The van der Waals surface area contributed by atoms with Gasteiger partial charge in [0.15, 0.2) is 0 Å². The second-order valence-corrected chi connectivity index (χ2v) is 3.55. The van der Waals surface area contributed by atoms with Gasteiger partial charge in [0, 0.05) is 0 Å². The second-order valence-electron chi connectivity index (χ2n) is 2.54. The lowest BCUT2D eigenvalue weighted by Gasteiger charge is -2.07. The number of hydrogen-bond acceptors (Lipinski definition) is 3. The topological polar surface area (TPSA) is 26.3 Å². The van der Waals surface area contributed by atoms with Crippen molar-refractivity contribution < 1.29 is 22.7 Å². The molecule has 1 aromatic rings. The van der Waals surface area contributed by atoms with Crippen LogP contribution in [-0.4, -0.2) is 18.4 Å². The van der Waals surface area contributed by atoms with Crippen LogP contribution in [0.5, 0.6) is 5.75 Å². The fourth-order valence-corrected chi connectivity index (χ4v) is 1.57. The van der Waals surface area contributed by atoms with Crippen molar-refractivity contribution in [2.24, 2.45) is 0 Å². The van der Waals surface area contributed by atoms with Gasteiger partial charge in [0.25, 0.3) is 5.12 Å². The molecule has 0 fully saturated rings. The summed E-state index contributed by atoms with van der Waals surface area (Å²) in [4.78, 5) is 10.8. The number of ether oxygens (including phenoxy) is 1. The molecule has 0 aliphatic heterocycles. The molecule has 0 unspecified atom stereocenters. The van der Waals surface area contributed by atoms with Gasteiger partial charge in [0.05, 0.1) is 12.0 Å². The Morgan fingerprint density at radius 1 is 1.33 bits per heavy atom. The van der Waals surface area contributed by atoms with Crippen molar-refractivity contribution in [3.05, 3.63) is 24.3 Å². The number of alkyl halides is 3. The molecular weight excluding hydrogens is 229 g/mol. The number of hydrogen-bond donors (Lipinski definition) is 0. The van der Waals surface area contributed by atoms with Gasteiger partial charge in [-0.2, -0.15) is 13.2 Å². The molecule has 0 bridgehead atoms. The van der Waals surface area contributed by atoms with Gasteiger partial charge in [0.2, 0.25) is 0 Å². The van der Waals surface area contributed by atoms with E-state index < -0.39 is 11.3 Å². The van der Waals surface area contributed by atoms with Crippen LogP contribution in [0.15, 0.2) is 29.2 Å². The Morgan fingerprint density at radius 2 is 1.93 bits per heavy atom. The lowest BCUT2D eigenvalue weighted by atomic mass is 10.3. The van der Waals surface area contributed by atoms with Crippen molar-refractivity contribution in [3.8, 4) is 5.75 Å². The molecule has 0 spiro atoms. The molecule has 0 aromatic heterocycles. The number of para-hydroxylation sites is 1. The van der Waals surface area contributed by atoms with E-state index in [0.29, 0.717) is 0 Å². The molecule has 1 aromatic carbocycles. The SMILES string of the molecule is COc1ccccc1SC(=O)C(F)(F)F. The summed E-state index contributed by atoms with van der Waals surface area (Å²) >= 11 is 0.113. The van der Waals surface area contributed by atoms with Gasteiger partial charge >= 0.3 is 6.18 Å². The molecule has 0 amide bonds. The summed E-state index contributed by atoms with van der Waals surface area (Å²) in [6, 6.07) is 6.04. The third-order valence-corrected chi connectivity index (χ3v) is 2.48. The fourth-order valence-electron chi connectivity index (χ4n) is 0.861. The van der Waals surface area contributed by atoms with E-state index in [-0.39, 0.29) is 22.4 Å².